The van der Waals surface area contributed by atoms with Gasteiger partial charge < -0.3 is 0 Å². The van der Waals surface area contributed by atoms with Crippen molar-refractivity contribution < 1.29 is 8.42 Å². The average Bonchev–Trinajstić information content (AvgIpc) is 1.63. The van der Waals surface area contributed by atoms with Crippen LogP contribution in [0.1, 0.15) is 33.1 Å². The van der Waals surface area contributed by atoms with Crippen molar-refractivity contribution in [3.63, 3.8) is 0 Å². The third-order valence-corrected chi connectivity index (χ3v) is 0.707. The number of rotatable bonds is 2. The Labute approximate surface area is 77.7 Å². The highest BCUT2D eigenvalue weighted by molar-refractivity contribution is 9.79. The lowest BCUT2D eigenvalue weighted by molar-refractivity contribution is 0.625. The standard InChI is InChI=1S/C5H12.Br2O2S/c1-3-5-4-2;1-5(2,3)4/h3-5H2,1-2H3;. The summed E-state index contributed by atoms with van der Waals surface area (Å²) >= 11 is 4.53. The number of unbranched alkanes of at least 4 members (excludes halogenated alkanes) is 2. The molecule has 0 unspecified atom stereocenters. The molecular weight excluding hydrogens is 284 g/mol. The molecule has 64 valence electrons. The Morgan fingerprint density at radius 1 is 1.10 bits per heavy atom. The molecule has 0 fully saturated rings. The normalized spacial score (nSPS) is 10.0. The van der Waals surface area contributed by atoms with Crippen LogP contribution in [-0.2, 0) is 6.70 Å². The van der Waals surface area contributed by atoms with Crippen LogP contribution < -0.4 is 0 Å². The minimum Gasteiger partial charge on any atom is -0.205 e. The molecule has 0 aromatic carbocycles. The summed E-state index contributed by atoms with van der Waals surface area (Å²) in [5, 5.41) is 0. The Hall–Kier alpha value is 0.910. The van der Waals surface area contributed by atoms with Crippen LogP contribution in [0.25, 0.3) is 0 Å². The van der Waals surface area contributed by atoms with Gasteiger partial charge in [-0.1, -0.05) is 33.1 Å². The number of hydrogen-bond donors (Lipinski definition) is 0. The van der Waals surface area contributed by atoms with Crippen LogP contribution >= 0.6 is 29.6 Å². The molecule has 0 aromatic rings. The largest absolute Gasteiger partial charge is 0.268 e. The van der Waals surface area contributed by atoms with Crippen LogP contribution in [0.3, 0.4) is 0 Å². The third-order valence-electron chi connectivity index (χ3n) is 0.707. The first-order valence-corrected chi connectivity index (χ1v) is 8.22. The van der Waals surface area contributed by atoms with Crippen LogP contribution in [-0.4, -0.2) is 8.42 Å². The SMILES string of the molecule is CCCCC.O=S(=O)(Br)Br. The first-order chi connectivity index (χ1) is 4.41. The fraction of sp³-hybridized carbons (Fsp3) is 1.00. The molecule has 0 rings (SSSR count). The fourth-order valence-corrected chi connectivity index (χ4v) is 0.354. The Morgan fingerprint density at radius 2 is 1.30 bits per heavy atom. The fourth-order valence-electron chi connectivity index (χ4n) is 0.354. The molecule has 0 aliphatic carbocycles. The topological polar surface area (TPSA) is 34.1 Å². The number of hydrogen-bond acceptors (Lipinski definition) is 2. The highest BCUT2D eigenvalue weighted by atomic mass is 79.9. The van der Waals surface area contributed by atoms with E-state index in [1.807, 2.05) is 0 Å². The molecule has 5 heteroatoms. The Bertz CT molecular complexity index is 132. The minimum absolute atomic E-state index is 1.34. The molecule has 0 saturated carbocycles. The lowest BCUT2D eigenvalue weighted by Gasteiger charge is -1.79. The lowest BCUT2D eigenvalue weighted by atomic mass is 10.3. The second-order valence-electron chi connectivity index (χ2n) is 1.73. The Balaban J connectivity index is 0. The summed E-state index contributed by atoms with van der Waals surface area (Å²) in [6, 6.07) is 0. The van der Waals surface area contributed by atoms with Gasteiger partial charge in [0, 0.05) is 0 Å². The lowest BCUT2D eigenvalue weighted by Crippen LogP contribution is -1.60. The van der Waals surface area contributed by atoms with Gasteiger partial charge in [-0.3, -0.25) is 0 Å². The summed E-state index contributed by atoms with van der Waals surface area (Å²) < 4.78 is 18.9. The first kappa shape index (κ1) is 13.5. The smallest absolute Gasteiger partial charge is 0.205 e. The summed E-state index contributed by atoms with van der Waals surface area (Å²) in [7, 11) is 0. The quantitative estimate of drug-likeness (QED) is 0.733. The molecule has 0 spiro atoms. The second-order valence-corrected chi connectivity index (χ2v) is 10.2. The van der Waals surface area contributed by atoms with Gasteiger partial charge in [-0.2, -0.15) is 0 Å². The molecule has 0 amide bonds. The predicted molar refractivity (Wildman–Crippen MR) is 52.0 cm³/mol. The van der Waals surface area contributed by atoms with Crippen molar-refractivity contribution in [2.45, 2.75) is 33.1 Å². The zero-order valence-corrected chi connectivity index (χ0v) is 10.1. The van der Waals surface area contributed by atoms with E-state index in [9.17, 15) is 8.42 Å². The zero-order chi connectivity index (χ0) is 8.62. The van der Waals surface area contributed by atoms with Crippen molar-refractivity contribution in [3.05, 3.63) is 0 Å². The maximum Gasteiger partial charge on any atom is 0.268 e. The number of halogens is 2. The molecule has 0 atom stereocenters. The highest BCUT2D eigenvalue weighted by Crippen LogP contribution is 2.06. The van der Waals surface area contributed by atoms with Gasteiger partial charge in [-0.05, 0) is 0 Å². The zero-order valence-electron chi connectivity index (χ0n) is 6.10. The van der Waals surface area contributed by atoms with Crippen molar-refractivity contribution in [1.82, 2.24) is 0 Å². The van der Waals surface area contributed by atoms with E-state index < -0.39 is 6.70 Å². The van der Waals surface area contributed by atoms with Gasteiger partial charge >= 0.3 is 0 Å². The second kappa shape index (κ2) is 8.01. The van der Waals surface area contributed by atoms with Crippen molar-refractivity contribution >= 4 is 36.3 Å². The van der Waals surface area contributed by atoms with Gasteiger partial charge in [0.2, 0.25) is 0 Å². The van der Waals surface area contributed by atoms with Crippen LogP contribution in [0, 0.1) is 0 Å². The van der Waals surface area contributed by atoms with E-state index in [1.54, 1.807) is 0 Å². The summed E-state index contributed by atoms with van der Waals surface area (Å²) in [6.07, 6.45) is 4.08. The highest BCUT2D eigenvalue weighted by Gasteiger charge is 1.87. The first-order valence-electron chi connectivity index (χ1n) is 3.06. The van der Waals surface area contributed by atoms with Crippen molar-refractivity contribution in [2.24, 2.45) is 0 Å². The van der Waals surface area contributed by atoms with E-state index in [-0.39, 0.29) is 0 Å². The minimum atomic E-state index is -3.04. The van der Waals surface area contributed by atoms with E-state index >= 15 is 0 Å². The molecule has 0 aromatic heterocycles. The maximum atomic E-state index is 9.47. The van der Waals surface area contributed by atoms with Gasteiger partial charge in [-0.15, -0.1) is 0 Å². The Kier molecular flexibility index (Phi) is 10.8. The molecule has 0 aliphatic rings. The van der Waals surface area contributed by atoms with Crippen LogP contribution in [0.4, 0.5) is 0 Å². The molecule has 10 heavy (non-hydrogen) atoms. The molecule has 0 N–H and O–H groups in total. The molecule has 2 nitrogen and oxygen atoms in total. The molecule has 0 bridgehead atoms. The Morgan fingerprint density at radius 3 is 1.30 bits per heavy atom. The van der Waals surface area contributed by atoms with Gasteiger partial charge in [0.05, 0.1) is 29.6 Å². The average molecular weight is 296 g/mol. The maximum absolute atomic E-state index is 9.47. The van der Waals surface area contributed by atoms with E-state index in [2.05, 4.69) is 43.5 Å². The van der Waals surface area contributed by atoms with Gasteiger partial charge in [0.1, 0.15) is 0 Å². The monoisotopic (exact) mass is 294 g/mol. The molecule has 0 aliphatic heterocycles. The summed E-state index contributed by atoms with van der Waals surface area (Å²) in [6.45, 7) is 1.38. The summed E-state index contributed by atoms with van der Waals surface area (Å²) in [5.74, 6) is 0. The van der Waals surface area contributed by atoms with Gasteiger partial charge in [0.25, 0.3) is 6.70 Å². The summed E-state index contributed by atoms with van der Waals surface area (Å²) in [4.78, 5) is 0. The van der Waals surface area contributed by atoms with E-state index in [0.717, 1.165) is 0 Å². The van der Waals surface area contributed by atoms with Crippen LogP contribution in [0.2, 0.25) is 0 Å². The van der Waals surface area contributed by atoms with E-state index in [4.69, 9.17) is 0 Å². The van der Waals surface area contributed by atoms with Crippen LogP contribution in [0.15, 0.2) is 0 Å². The molecule has 0 radical (unpaired) electrons. The predicted octanol–water partition coefficient (Wildman–Crippen LogP) is 3.22. The van der Waals surface area contributed by atoms with E-state index in [1.165, 1.54) is 19.3 Å². The van der Waals surface area contributed by atoms with Crippen molar-refractivity contribution in [2.75, 3.05) is 0 Å². The van der Waals surface area contributed by atoms with Gasteiger partial charge in [0.15, 0.2) is 0 Å². The third kappa shape index (κ3) is 65.8. The molecule has 0 heterocycles. The van der Waals surface area contributed by atoms with Gasteiger partial charge in [-0.25, -0.2) is 8.42 Å². The van der Waals surface area contributed by atoms with E-state index in [0.29, 0.717) is 0 Å². The molecular formula is C5H12Br2O2S. The summed E-state index contributed by atoms with van der Waals surface area (Å²) in [5.41, 5.74) is 0. The molecule has 0 saturated heterocycles. The van der Waals surface area contributed by atoms with Crippen LogP contribution in [0.5, 0.6) is 0 Å². The van der Waals surface area contributed by atoms with Crippen molar-refractivity contribution in [1.29, 1.82) is 0 Å². The van der Waals surface area contributed by atoms with Crippen molar-refractivity contribution in [3.8, 4) is 0 Å².